The molecule has 1 fully saturated rings. The van der Waals surface area contributed by atoms with E-state index in [4.69, 9.17) is 5.11 Å². The van der Waals surface area contributed by atoms with Gasteiger partial charge >= 0.3 is 0 Å². The SMILES string of the molecule is O=C(NCCCC1CCCC1)c1ccc(C#CCO)cc1. The van der Waals surface area contributed by atoms with Crippen molar-refractivity contribution in [2.45, 2.75) is 38.5 Å². The van der Waals surface area contributed by atoms with Crippen LogP contribution in [-0.2, 0) is 0 Å². The van der Waals surface area contributed by atoms with Gasteiger partial charge in [-0.15, -0.1) is 0 Å². The van der Waals surface area contributed by atoms with Crippen molar-refractivity contribution >= 4 is 5.91 Å². The first-order chi connectivity index (χ1) is 10.3. The van der Waals surface area contributed by atoms with Crippen LogP contribution in [0.3, 0.4) is 0 Å². The number of carbonyl (C=O) groups excluding carboxylic acids is 1. The van der Waals surface area contributed by atoms with Crippen LogP contribution in [0.2, 0.25) is 0 Å². The Morgan fingerprint density at radius 1 is 1.24 bits per heavy atom. The molecular formula is C18H23NO2. The lowest BCUT2D eigenvalue weighted by molar-refractivity contribution is 0.0952. The molecule has 2 rings (SSSR count). The molecule has 1 aliphatic rings. The summed E-state index contributed by atoms with van der Waals surface area (Å²) in [5, 5.41) is 11.6. The van der Waals surface area contributed by atoms with Crippen molar-refractivity contribution in [3.63, 3.8) is 0 Å². The zero-order chi connectivity index (χ0) is 14.9. The summed E-state index contributed by atoms with van der Waals surface area (Å²) in [7, 11) is 0. The predicted molar refractivity (Wildman–Crippen MR) is 83.9 cm³/mol. The van der Waals surface area contributed by atoms with Crippen LogP contribution in [0.15, 0.2) is 24.3 Å². The van der Waals surface area contributed by atoms with E-state index in [9.17, 15) is 4.79 Å². The number of amides is 1. The molecule has 0 radical (unpaired) electrons. The number of aliphatic hydroxyl groups is 1. The van der Waals surface area contributed by atoms with Crippen LogP contribution in [0.4, 0.5) is 0 Å². The van der Waals surface area contributed by atoms with Crippen molar-refractivity contribution in [2.24, 2.45) is 5.92 Å². The zero-order valence-corrected chi connectivity index (χ0v) is 12.4. The Bertz CT molecular complexity index is 504. The van der Waals surface area contributed by atoms with Crippen molar-refractivity contribution in [1.82, 2.24) is 5.32 Å². The van der Waals surface area contributed by atoms with Crippen molar-refractivity contribution in [1.29, 1.82) is 0 Å². The van der Waals surface area contributed by atoms with E-state index in [0.29, 0.717) is 5.56 Å². The maximum Gasteiger partial charge on any atom is 0.251 e. The third kappa shape index (κ3) is 5.24. The van der Waals surface area contributed by atoms with Gasteiger partial charge in [-0.3, -0.25) is 4.79 Å². The Hall–Kier alpha value is -1.79. The lowest BCUT2D eigenvalue weighted by Gasteiger charge is -2.09. The Labute approximate surface area is 126 Å². The Kier molecular flexibility index (Phi) is 6.30. The second-order valence-electron chi connectivity index (χ2n) is 5.59. The first kappa shape index (κ1) is 15.6. The van der Waals surface area contributed by atoms with Crippen molar-refractivity contribution in [2.75, 3.05) is 13.2 Å². The molecule has 0 bridgehead atoms. The molecule has 0 aliphatic heterocycles. The molecule has 0 aromatic heterocycles. The molecule has 1 aliphatic carbocycles. The van der Waals surface area contributed by atoms with Gasteiger partial charge in [-0.25, -0.2) is 0 Å². The van der Waals surface area contributed by atoms with E-state index in [2.05, 4.69) is 17.2 Å². The first-order valence-corrected chi connectivity index (χ1v) is 7.77. The van der Waals surface area contributed by atoms with Crippen molar-refractivity contribution in [3.8, 4) is 11.8 Å². The number of nitrogens with one attached hydrogen (secondary N) is 1. The van der Waals surface area contributed by atoms with Crippen LogP contribution in [0.1, 0.15) is 54.4 Å². The summed E-state index contributed by atoms with van der Waals surface area (Å²) in [6.45, 7) is 0.602. The van der Waals surface area contributed by atoms with Gasteiger partial charge in [0, 0.05) is 17.7 Å². The predicted octanol–water partition coefficient (Wildman–Crippen LogP) is 2.73. The molecule has 0 spiro atoms. The number of carbonyl (C=O) groups is 1. The second kappa shape index (κ2) is 8.49. The van der Waals surface area contributed by atoms with E-state index in [0.717, 1.165) is 24.4 Å². The molecule has 0 heterocycles. The Morgan fingerprint density at radius 3 is 2.62 bits per heavy atom. The van der Waals surface area contributed by atoms with Gasteiger partial charge in [0.25, 0.3) is 5.91 Å². The molecule has 21 heavy (non-hydrogen) atoms. The summed E-state index contributed by atoms with van der Waals surface area (Å²) in [6.07, 6.45) is 7.78. The van der Waals surface area contributed by atoms with Gasteiger partial charge in [0.05, 0.1) is 0 Å². The molecule has 1 saturated carbocycles. The summed E-state index contributed by atoms with van der Waals surface area (Å²) >= 11 is 0. The van der Waals surface area contributed by atoms with Crippen LogP contribution in [-0.4, -0.2) is 24.2 Å². The maximum atomic E-state index is 12.0. The quantitative estimate of drug-likeness (QED) is 0.645. The van der Waals surface area contributed by atoms with Crippen LogP contribution in [0.25, 0.3) is 0 Å². The minimum atomic E-state index is -0.150. The van der Waals surface area contributed by atoms with E-state index in [1.807, 2.05) is 0 Å². The minimum absolute atomic E-state index is 0.0249. The highest BCUT2D eigenvalue weighted by Crippen LogP contribution is 2.28. The third-order valence-corrected chi connectivity index (χ3v) is 4.01. The van der Waals surface area contributed by atoms with Gasteiger partial charge in [-0.1, -0.05) is 37.5 Å². The molecule has 0 atom stereocenters. The van der Waals surface area contributed by atoms with Crippen LogP contribution < -0.4 is 5.32 Å². The fourth-order valence-corrected chi connectivity index (χ4v) is 2.84. The molecule has 0 saturated heterocycles. The van der Waals surface area contributed by atoms with Crippen molar-refractivity contribution < 1.29 is 9.90 Å². The standard InChI is InChI=1S/C18H23NO2/c20-14-4-8-16-9-11-17(12-10-16)18(21)19-13-3-7-15-5-1-2-6-15/h9-12,15,20H,1-3,5-7,13-14H2,(H,19,21). The summed E-state index contributed by atoms with van der Waals surface area (Å²) in [5.74, 6) is 6.25. The van der Waals surface area contributed by atoms with E-state index >= 15 is 0 Å². The molecule has 0 unspecified atom stereocenters. The molecule has 3 heteroatoms. The Balaban J connectivity index is 1.72. The van der Waals surface area contributed by atoms with Crippen LogP contribution in [0.5, 0.6) is 0 Å². The number of hydrogen-bond acceptors (Lipinski definition) is 2. The van der Waals surface area contributed by atoms with E-state index in [1.165, 1.54) is 32.1 Å². The average Bonchev–Trinajstić information content (AvgIpc) is 3.03. The monoisotopic (exact) mass is 285 g/mol. The van der Waals surface area contributed by atoms with Gasteiger partial charge in [-0.2, -0.15) is 0 Å². The highest BCUT2D eigenvalue weighted by molar-refractivity contribution is 5.94. The molecule has 3 nitrogen and oxygen atoms in total. The number of aliphatic hydroxyl groups excluding tert-OH is 1. The fourth-order valence-electron chi connectivity index (χ4n) is 2.84. The molecule has 1 amide bonds. The molecular weight excluding hydrogens is 262 g/mol. The Morgan fingerprint density at radius 2 is 1.95 bits per heavy atom. The smallest absolute Gasteiger partial charge is 0.251 e. The van der Waals surface area contributed by atoms with E-state index in [-0.39, 0.29) is 12.5 Å². The van der Waals surface area contributed by atoms with Gasteiger partial charge in [-0.05, 0) is 43.0 Å². The highest BCUT2D eigenvalue weighted by atomic mass is 16.2. The van der Waals surface area contributed by atoms with Gasteiger partial charge in [0.1, 0.15) is 6.61 Å². The normalized spacial score (nSPS) is 14.5. The second-order valence-corrected chi connectivity index (χ2v) is 5.59. The molecule has 112 valence electrons. The van der Waals surface area contributed by atoms with Gasteiger partial charge in [0.15, 0.2) is 0 Å². The topological polar surface area (TPSA) is 49.3 Å². The number of rotatable bonds is 5. The molecule has 2 N–H and O–H groups in total. The minimum Gasteiger partial charge on any atom is -0.384 e. The number of benzene rings is 1. The maximum absolute atomic E-state index is 12.0. The largest absolute Gasteiger partial charge is 0.384 e. The fraction of sp³-hybridized carbons (Fsp3) is 0.500. The van der Waals surface area contributed by atoms with E-state index < -0.39 is 0 Å². The molecule has 1 aromatic rings. The van der Waals surface area contributed by atoms with Crippen LogP contribution >= 0.6 is 0 Å². The number of hydrogen-bond donors (Lipinski definition) is 2. The summed E-state index contributed by atoms with van der Waals surface area (Å²) < 4.78 is 0. The van der Waals surface area contributed by atoms with E-state index in [1.54, 1.807) is 24.3 Å². The first-order valence-electron chi connectivity index (χ1n) is 7.77. The summed E-state index contributed by atoms with van der Waals surface area (Å²) in [4.78, 5) is 12.0. The lowest BCUT2D eigenvalue weighted by atomic mass is 10.0. The van der Waals surface area contributed by atoms with Crippen molar-refractivity contribution in [3.05, 3.63) is 35.4 Å². The average molecular weight is 285 g/mol. The summed E-state index contributed by atoms with van der Waals surface area (Å²) in [6, 6.07) is 7.15. The summed E-state index contributed by atoms with van der Waals surface area (Å²) in [5.41, 5.74) is 1.47. The van der Waals surface area contributed by atoms with Gasteiger partial charge < -0.3 is 10.4 Å². The third-order valence-electron chi connectivity index (χ3n) is 4.01. The highest BCUT2D eigenvalue weighted by Gasteiger charge is 2.14. The lowest BCUT2D eigenvalue weighted by Crippen LogP contribution is -2.24. The van der Waals surface area contributed by atoms with Gasteiger partial charge in [0.2, 0.25) is 0 Å². The van der Waals surface area contributed by atoms with Crippen LogP contribution in [0, 0.1) is 17.8 Å². The molecule has 1 aromatic carbocycles. The zero-order valence-electron chi connectivity index (χ0n) is 12.4.